The highest BCUT2D eigenvalue weighted by molar-refractivity contribution is 7.89. The van der Waals surface area contributed by atoms with E-state index in [-0.39, 0.29) is 17.0 Å². The first-order valence-electron chi connectivity index (χ1n) is 7.16. The van der Waals surface area contributed by atoms with Crippen LogP contribution in [0.15, 0.2) is 29.2 Å². The molecule has 1 aromatic rings. The molecule has 3 N–H and O–H groups in total. The van der Waals surface area contributed by atoms with E-state index in [1.807, 2.05) is 6.07 Å². The molecule has 21 heavy (non-hydrogen) atoms. The van der Waals surface area contributed by atoms with Crippen molar-refractivity contribution in [2.75, 3.05) is 31.6 Å². The lowest BCUT2D eigenvalue weighted by atomic mass is 10.2. The van der Waals surface area contributed by atoms with Crippen LogP contribution in [0.5, 0.6) is 0 Å². The SMILES string of the molecule is CC(C)NS(=O)(=O)c1ccccc1NCC1CNCCO1. The summed E-state index contributed by atoms with van der Waals surface area (Å²) in [7, 11) is -3.51. The van der Waals surface area contributed by atoms with Crippen LogP contribution in [0.3, 0.4) is 0 Å². The fraction of sp³-hybridized carbons (Fsp3) is 0.571. The van der Waals surface area contributed by atoms with E-state index in [1.54, 1.807) is 32.0 Å². The Kier molecular flexibility index (Phi) is 5.58. The summed E-state index contributed by atoms with van der Waals surface area (Å²) in [5, 5.41) is 6.42. The van der Waals surface area contributed by atoms with Crippen LogP contribution in [0.4, 0.5) is 5.69 Å². The maximum absolute atomic E-state index is 12.3. The Hall–Kier alpha value is -1.15. The van der Waals surface area contributed by atoms with Crippen LogP contribution in [0, 0.1) is 0 Å². The molecule has 0 aliphatic carbocycles. The Morgan fingerprint density at radius 3 is 2.81 bits per heavy atom. The second-order valence-corrected chi connectivity index (χ2v) is 7.03. The van der Waals surface area contributed by atoms with Gasteiger partial charge in [0.15, 0.2) is 0 Å². The van der Waals surface area contributed by atoms with Gasteiger partial charge in [0.25, 0.3) is 0 Å². The van der Waals surface area contributed by atoms with Gasteiger partial charge in [-0.15, -0.1) is 0 Å². The van der Waals surface area contributed by atoms with E-state index >= 15 is 0 Å². The topological polar surface area (TPSA) is 79.5 Å². The summed E-state index contributed by atoms with van der Waals surface area (Å²) in [6, 6.07) is 6.77. The Bertz CT molecular complexity index is 554. The Morgan fingerprint density at radius 2 is 2.14 bits per heavy atom. The van der Waals surface area contributed by atoms with Crippen LogP contribution in [-0.2, 0) is 14.8 Å². The molecule has 2 rings (SSSR count). The zero-order chi connectivity index (χ0) is 15.3. The number of anilines is 1. The number of rotatable bonds is 6. The number of sulfonamides is 1. The first-order valence-corrected chi connectivity index (χ1v) is 8.65. The summed E-state index contributed by atoms with van der Waals surface area (Å²) < 4.78 is 32.8. The second-order valence-electron chi connectivity index (χ2n) is 5.35. The van der Waals surface area contributed by atoms with Gasteiger partial charge in [-0.25, -0.2) is 13.1 Å². The molecular weight excluding hydrogens is 290 g/mol. The predicted octanol–water partition coefficient (Wildman–Crippen LogP) is 0.774. The van der Waals surface area contributed by atoms with Crippen molar-refractivity contribution in [1.29, 1.82) is 0 Å². The monoisotopic (exact) mass is 313 g/mol. The van der Waals surface area contributed by atoms with Crippen LogP contribution < -0.4 is 15.4 Å². The minimum atomic E-state index is -3.51. The molecule has 1 unspecified atom stereocenters. The fourth-order valence-electron chi connectivity index (χ4n) is 2.20. The summed E-state index contributed by atoms with van der Waals surface area (Å²) in [5.41, 5.74) is 0.597. The molecule has 6 nitrogen and oxygen atoms in total. The summed E-state index contributed by atoms with van der Waals surface area (Å²) in [6.45, 7) is 6.48. The van der Waals surface area contributed by atoms with Crippen molar-refractivity contribution in [2.45, 2.75) is 30.9 Å². The van der Waals surface area contributed by atoms with Gasteiger partial charge >= 0.3 is 0 Å². The minimum Gasteiger partial charge on any atom is -0.381 e. The van der Waals surface area contributed by atoms with Gasteiger partial charge in [0.05, 0.1) is 18.4 Å². The standard InChI is InChI=1S/C14H23N3O3S/c1-11(2)17-21(18,19)14-6-4-3-5-13(14)16-10-12-9-15-7-8-20-12/h3-6,11-12,15-17H,7-10H2,1-2H3. The predicted molar refractivity (Wildman–Crippen MR) is 83.0 cm³/mol. The van der Waals surface area contributed by atoms with Gasteiger partial charge in [0.1, 0.15) is 4.90 Å². The van der Waals surface area contributed by atoms with E-state index in [4.69, 9.17) is 4.74 Å². The maximum Gasteiger partial charge on any atom is 0.242 e. The number of hydrogen-bond acceptors (Lipinski definition) is 5. The van der Waals surface area contributed by atoms with E-state index in [2.05, 4.69) is 15.4 Å². The average Bonchev–Trinajstić information content (AvgIpc) is 2.45. The number of morpholine rings is 1. The molecule has 1 heterocycles. The Labute approximate surface area is 126 Å². The first-order chi connectivity index (χ1) is 9.99. The first kappa shape index (κ1) is 16.2. The number of nitrogens with one attached hydrogen (secondary N) is 3. The lowest BCUT2D eigenvalue weighted by molar-refractivity contribution is 0.0372. The third kappa shape index (κ3) is 4.67. The van der Waals surface area contributed by atoms with Gasteiger partial charge in [-0.1, -0.05) is 12.1 Å². The maximum atomic E-state index is 12.3. The second kappa shape index (κ2) is 7.22. The van der Waals surface area contributed by atoms with Crippen LogP contribution in [0.2, 0.25) is 0 Å². The summed E-state index contributed by atoms with van der Waals surface area (Å²) in [6.07, 6.45) is 0.0487. The minimum absolute atomic E-state index is 0.0487. The van der Waals surface area contributed by atoms with E-state index in [0.717, 1.165) is 13.1 Å². The van der Waals surface area contributed by atoms with Crippen molar-refractivity contribution in [3.8, 4) is 0 Å². The molecule has 1 atom stereocenters. The van der Waals surface area contributed by atoms with Crippen molar-refractivity contribution >= 4 is 15.7 Å². The lowest BCUT2D eigenvalue weighted by Gasteiger charge is -2.24. The van der Waals surface area contributed by atoms with Crippen molar-refractivity contribution in [3.63, 3.8) is 0 Å². The molecule has 1 saturated heterocycles. The Morgan fingerprint density at radius 1 is 1.38 bits per heavy atom. The summed E-state index contributed by atoms with van der Waals surface area (Å²) >= 11 is 0. The molecule has 0 radical (unpaired) electrons. The summed E-state index contributed by atoms with van der Waals surface area (Å²) in [4.78, 5) is 0.266. The molecule has 1 fully saturated rings. The van der Waals surface area contributed by atoms with E-state index in [1.165, 1.54) is 0 Å². The molecular formula is C14H23N3O3S. The van der Waals surface area contributed by atoms with Crippen molar-refractivity contribution in [3.05, 3.63) is 24.3 Å². The molecule has 0 aromatic heterocycles. The third-order valence-electron chi connectivity index (χ3n) is 3.09. The molecule has 0 saturated carbocycles. The van der Waals surface area contributed by atoms with E-state index < -0.39 is 10.0 Å². The van der Waals surface area contributed by atoms with Gasteiger partial charge < -0.3 is 15.4 Å². The third-order valence-corrected chi connectivity index (χ3v) is 4.81. The van der Waals surface area contributed by atoms with Crippen molar-refractivity contribution < 1.29 is 13.2 Å². The average molecular weight is 313 g/mol. The number of benzene rings is 1. The molecule has 1 aliphatic heterocycles. The van der Waals surface area contributed by atoms with Gasteiger partial charge in [-0.3, -0.25) is 0 Å². The van der Waals surface area contributed by atoms with Crippen LogP contribution in [0.25, 0.3) is 0 Å². The normalized spacial score (nSPS) is 19.7. The highest BCUT2D eigenvalue weighted by Crippen LogP contribution is 2.21. The smallest absolute Gasteiger partial charge is 0.242 e. The molecule has 1 aromatic carbocycles. The molecule has 0 bridgehead atoms. The van der Waals surface area contributed by atoms with Crippen molar-refractivity contribution in [2.24, 2.45) is 0 Å². The summed E-state index contributed by atoms with van der Waals surface area (Å²) in [5.74, 6) is 0. The van der Waals surface area contributed by atoms with E-state index in [9.17, 15) is 8.42 Å². The fourth-order valence-corrected chi connectivity index (χ4v) is 3.63. The van der Waals surface area contributed by atoms with Gasteiger partial charge in [-0.05, 0) is 26.0 Å². The zero-order valence-corrected chi connectivity index (χ0v) is 13.2. The molecule has 7 heteroatoms. The molecule has 118 valence electrons. The number of para-hydroxylation sites is 1. The van der Waals surface area contributed by atoms with Crippen LogP contribution >= 0.6 is 0 Å². The van der Waals surface area contributed by atoms with Crippen molar-refractivity contribution in [1.82, 2.24) is 10.0 Å². The quantitative estimate of drug-likeness (QED) is 0.723. The highest BCUT2D eigenvalue weighted by Gasteiger charge is 2.20. The lowest BCUT2D eigenvalue weighted by Crippen LogP contribution is -2.42. The number of hydrogen-bond donors (Lipinski definition) is 3. The van der Waals surface area contributed by atoms with E-state index in [0.29, 0.717) is 18.8 Å². The molecule has 0 amide bonds. The van der Waals surface area contributed by atoms with Gasteiger partial charge in [0.2, 0.25) is 10.0 Å². The molecule has 0 spiro atoms. The van der Waals surface area contributed by atoms with Gasteiger partial charge in [0, 0.05) is 25.7 Å². The van der Waals surface area contributed by atoms with Gasteiger partial charge in [-0.2, -0.15) is 0 Å². The van der Waals surface area contributed by atoms with Crippen LogP contribution in [-0.4, -0.2) is 46.8 Å². The molecule has 1 aliphatic rings. The zero-order valence-electron chi connectivity index (χ0n) is 12.4. The largest absolute Gasteiger partial charge is 0.381 e. The van der Waals surface area contributed by atoms with Crippen LogP contribution in [0.1, 0.15) is 13.8 Å². The number of ether oxygens (including phenoxy) is 1. The Balaban J connectivity index is 2.09. The highest BCUT2D eigenvalue weighted by atomic mass is 32.2.